The Morgan fingerprint density at radius 2 is 2.21 bits per heavy atom. The number of nitrogens with one attached hydrogen (secondary N) is 2. The van der Waals surface area contributed by atoms with Gasteiger partial charge in [-0.25, -0.2) is 0 Å². The van der Waals surface area contributed by atoms with Gasteiger partial charge in [0.2, 0.25) is 0 Å². The van der Waals surface area contributed by atoms with Crippen molar-refractivity contribution in [1.29, 1.82) is 0 Å². The Balaban J connectivity index is 0.00000288. The van der Waals surface area contributed by atoms with Crippen LogP contribution in [0.25, 0.3) is 0 Å². The highest BCUT2D eigenvalue weighted by Gasteiger charge is 2.15. The van der Waals surface area contributed by atoms with E-state index in [9.17, 15) is 0 Å². The van der Waals surface area contributed by atoms with Crippen LogP contribution in [0.2, 0.25) is 0 Å². The summed E-state index contributed by atoms with van der Waals surface area (Å²) in [6.45, 7) is 8.79. The molecule has 0 bridgehead atoms. The number of nitrogens with zero attached hydrogens (tertiary/aromatic N) is 1. The van der Waals surface area contributed by atoms with Gasteiger partial charge in [-0.3, -0.25) is 4.99 Å². The first-order valence-corrected chi connectivity index (χ1v) is 8.35. The Morgan fingerprint density at radius 3 is 2.83 bits per heavy atom. The van der Waals surface area contributed by atoms with Crippen LogP contribution in [0.3, 0.4) is 0 Å². The lowest BCUT2D eigenvalue weighted by Crippen LogP contribution is -2.37. The van der Waals surface area contributed by atoms with E-state index in [4.69, 9.17) is 13.9 Å². The third-order valence-corrected chi connectivity index (χ3v) is 3.95. The van der Waals surface area contributed by atoms with Crippen molar-refractivity contribution < 1.29 is 13.9 Å². The summed E-state index contributed by atoms with van der Waals surface area (Å²) in [6, 6.07) is 2.05. The van der Waals surface area contributed by atoms with Crippen LogP contribution >= 0.6 is 24.0 Å². The molecule has 6 nitrogen and oxygen atoms in total. The summed E-state index contributed by atoms with van der Waals surface area (Å²) in [5.41, 5.74) is 1.16. The molecule has 0 aliphatic carbocycles. The first kappa shape index (κ1) is 21.2. The average molecular weight is 451 g/mol. The summed E-state index contributed by atoms with van der Waals surface area (Å²) in [4.78, 5) is 4.23. The number of guanidine groups is 1. The standard InChI is InChI=1S/C17H29N3O3.HI/c1-13-9-16(14(2)23-13)10-20-17(18-3)19-6-4-7-21-11-15-5-8-22-12-15;/h9,15H,4-8,10-12H2,1-3H3,(H2,18,19,20);1H. The Bertz CT molecular complexity index is 499. The maximum Gasteiger partial charge on any atom is 0.191 e. The Hall–Kier alpha value is -0.800. The molecule has 138 valence electrons. The van der Waals surface area contributed by atoms with E-state index in [0.29, 0.717) is 12.5 Å². The smallest absolute Gasteiger partial charge is 0.191 e. The molecule has 2 rings (SSSR count). The number of hydrogen-bond donors (Lipinski definition) is 2. The van der Waals surface area contributed by atoms with Crippen molar-refractivity contribution >= 4 is 29.9 Å². The van der Waals surface area contributed by atoms with Crippen LogP contribution in [-0.2, 0) is 16.0 Å². The lowest BCUT2D eigenvalue weighted by Gasteiger charge is -2.12. The first-order chi connectivity index (χ1) is 11.2. The minimum Gasteiger partial charge on any atom is -0.466 e. The highest BCUT2D eigenvalue weighted by molar-refractivity contribution is 14.0. The van der Waals surface area contributed by atoms with Gasteiger partial charge in [-0.15, -0.1) is 24.0 Å². The SMILES string of the molecule is CN=C(NCCCOCC1CCOC1)NCc1cc(C)oc1C.I. The number of hydrogen-bond acceptors (Lipinski definition) is 4. The van der Waals surface area contributed by atoms with Gasteiger partial charge in [0.15, 0.2) is 5.96 Å². The molecule has 1 unspecified atom stereocenters. The summed E-state index contributed by atoms with van der Waals surface area (Å²) < 4.78 is 16.5. The normalized spacial score (nSPS) is 17.6. The van der Waals surface area contributed by atoms with Crippen molar-refractivity contribution in [2.24, 2.45) is 10.9 Å². The number of ether oxygens (including phenoxy) is 2. The number of furan rings is 1. The third-order valence-electron chi connectivity index (χ3n) is 3.95. The molecule has 2 N–H and O–H groups in total. The van der Waals surface area contributed by atoms with E-state index < -0.39 is 0 Å². The summed E-state index contributed by atoms with van der Waals surface area (Å²) in [5.74, 6) is 3.27. The summed E-state index contributed by atoms with van der Waals surface area (Å²) in [6.07, 6.45) is 2.08. The minimum atomic E-state index is 0. The highest BCUT2D eigenvalue weighted by Crippen LogP contribution is 2.13. The van der Waals surface area contributed by atoms with Crippen LogP contribution in [0.4, 0.5) is 0 Å². The largest absolute Gasteiger partial charge is 0.466 e. The number of aryl methyl sites for hydroxylation is 2. The highest BCUT2D eigenvalue weighted by atomic mass is 127. The molecule has 0 spiro atoms. The van der Waals surface area contributed by atoms with E-state index in [1.165, 1.54) is 0 Å². The molecule has 0 aromatic carbocycles. The van der Waals surface area contributed by atoms with Gasteiger partial charge in [0, 0.05) is 44.8 Å². The molecule has 1 saturated heterocycles. The number of halogens is 1. The van der Waals surface area contributed by atoms with E-state index >= 15 is 0 Å². The lowest BCUT2D eigenvalue weighted by atomic mass is 10.1. The van der Waals surface area contributed by atoms with Crippen LogP contribution in [-0.4, -0.2) is 46.0 Å². The molecule has 1 aliphatic rings. The molecule has 1 aliphatic heterocycles. The average Bonchev–Trinajstić information content (AvgIpc) is 3.15. The molecule has 2 heterocycles. The van der Waals surface area contributed by atoms with Gasteiger partial charge in [-0.2, -0.15) is 0 Å². The van der Waals surface area contributed by atoms with E-state index in [-0.39, 0.29) is 24.0 Å². The zero-order valence-electron chi connectivity index (χ0n) is 14.9. The van der Waals surface area contributed by atoms with Crippen molar-refractivity contribution in [3.05, 3.63) is 23.2 Å². The Morgan fingerprint density at radius 1 is 1.38 bits per heavy atom. The number of rotatable bonds is 8. The first-order valence-electron chi connectivity index (χ1n) is 8.35. The predicted molar refractivity (Wildman–Crippen MR) is 106 cm³/mol. The fourth-order valence-electron chi connectivity index (χ4n) is 2.60. The van der Waals surface area contributed by atoms with Gasteiger partial charge in [0.05, 0.1) is 13.2 Å². The van der Waals surface area contributed by atoms with Crippen molar-refractivity contribution in [2.45, 2.75) is 33.2 Å². The second-order valence-corrected chi connectivity index (χ2v) is 5.95. The molecule has 1 atom stereocenters. The molecule has 7 heteroatoms. The molecule has 0 radical (unpaired) electrons. The van der Waals surface area contributed by atoms with E-state index in [0.717, 1.165) is 68.9 Å². The molecule has 0 amide bonds. The molecule has 0 saturated carbocycles. The van der Waals surface area contributed by atoms with Crippen molar-refractivity contribution in [3.8, 4) is 0 Å². The van der Waals surface area contributed by atoms with Crippen LogP contribution in [0.5, 0.6) is 0 Å². The van der Waals surface area contributed by atoms with Gasteiger partial charge in [-0.1, -0.05) is 0 Å². The summed E-state index contributed by atoms with van der Waals surface area (Å²) in [5, 5.41) is 6.60. The van der Waals surface area contributed by atoms with Gasteiger partial charge < -0.3 is 24.5 Å². The Labute approximate surface area is 161 Å². The fourth-order valence-corrected chi connectivity index (χ4v) is 2.60. The van der Waals surface area contributed by atoms with Crippen molar-refractivity contribution in [3.63, 3.8) is 0 Å². The maximum atomic E-state index is 5.69. The van der Waals surface area contributed by atoms with E-state index in [1.54, 1.807) is 7.05 Å². The van der Waals surface area contributed by atoms with Crippen LogP contribution in [0, 0.1) is 19.8 Å². The summed E-state index contributed by atoms with van der Waals surface area (Å²) in [7, 11) is 1.78. The fraction of sp³-hybridized carbons (Fsp3) is 0.706. The van der Waals surface area contributed by atoms with Crippen molar-refractivity contribution in [1.82, 2.24) is 10.6 Å². The second kappa shape index (κ2) is 11.7. The predicted octanol–water partition coefficient (Wildman–Crippen LogP) is 2.62. The number of aliphatic imine (C=N–C) groups is 1. The van der Waals surface area contributed by atoms with E-state index in [1.807, 2.05) is 13.8 Å². The maximum absolute atomic E-state index is 5.69. The van der Waals surface area contributed by atoms with Crippen molar-refractivity contribution in [2.75, 3.05) is 40.0 Å². The minimum absolute atomic E-state index is 0. The third kappa shape index (κ3) is 7.40. The lowest BCUT2D eigenvalue weighted by molar-refractivity contribution is 0.0888. The van der Waals surface area contributed by atoms with Crippen LogP contribution in [0.15, 0.2) is 15.5 Å². The zero-order valence-corrected chi connectivity index (χ0v) is 17.2. The monoisotopic (exact) mass is 451 g/mol. The van der Waals surface area contributed by atoms with Gasteiger partial charge in [-0.05, 0) is 32.8 Å². The molecule has 24 heavy (non-hydrogen) atoms. The van der Waals surface area contributed by atoms with Crippen LogP contribution < -0.4 is 10.6 Å². The summed E-state index contributed by atoms with van der Waals surface area (Å²) >= 11 is 0. The molecule has 1 aromatic heterocycles. The molecular formula is C17H30IN3O3. The molecular weight excluding hydrogens is 421 g/mol. The topological polar surface area (TPSA) is 68.0 Å². The van der Waals surface area contributed by atoms with Gasteiger partial charge in [0.25, 0.3) is 0 Å². The second-order valence-electron chi connectivity index (χ2n) is 5.95. The van der Waals surface area contributed by atoms with Crippen LogP contribution in [0.1, 0.15) is 29.9 Å². The Kier molecular flexibility index (Phi) is 10.4. The van der Waals surface area contributed by atoms with E-state index in [2.05, 4.69) is 21.7 Å². The quantitative estimate of drug-likeness (QED) is 0.275. The zero-order chi connectivity index (χ0) is 16.5. The van der Waals surface area contributed by atoms with Gasteiger partial charge in [0.1, 0.15) is 11.5 Å². The molecule has 1 fully saturated rings. The van der Waals surface area contributed by atoms with Gasteiger partial charge >= 0.3 is 0 Å². The molecule has 1 aromatic rings.